The van der Waals surface area contributed by atoms with Gasteiger partial charge in [0.1, 0.15) is 11.8 Å². The van der Waals surface area contributed by atoms with Crippen LogP contribution in [0.4, 0.5) is 0 Å². The summed E-state index contributed by atoms with van der Waals surface area (Å²) in [6.45, 7) is 3.57. The SMILES string of the molecule is COC(=O)[C@@H](NC1=CC(=O)c2cccc(O)c2C1=O)C(C)C. The first kappa shape index (κ1) is 15.8. The van der Waals surface area contributed by atoms with Gasteiger partial charge in [0.25, 0.3) is 0 Å². The van der Waals surface area contributed by atoms with Crippen molar-refractivity contribution in [3.8, 4) is 5.75 Å². The minimum Gasteiger partial charge on any atom is -0.507 e. The number of nitrogens with one attached hydrogen (secondary N) is 1. The summed E-state index contributed by atoms with van der Waals surface area (Å²) >= 11 is 0. The monoisotopic (exact) mass is 303 g/mol. The molecular formula is C16H17NO5. The van der Waals surface area contributed by atoms with E-state index in [0.717, 1.165) is 6.08 Å². The molecule has 0 bridgehead atoms. The fourth-order valence-corrected chi connectivity index (χ4v) is 2.29. The molecule has 0 spiro atoms. The van der Waals surface area contributed by atoms with Crippen LogP contribution in [0.2, 0.25) is 0 Å². The van der Waals surface area contributed by atoms with Gasteiger partial charge in [-0.15, -0.1) is 0 Å². The molecule has 0 unspecified atom stereocenters. The summed E-state index contributed by atoms with van der Waals surface area (Å²) < 4.78 is 4.70. The highest BCUT2D eigenvalue weighted by atomic mass is 16.5. The molecule has 1 atom stereocenters. The molecule has 6 heteroatoms. The Morgan fingerprint density at radius 3 is 2.55 bits per heavy atom. The van der Waals surface area contributed by atoms with Crippen LogP contribution < -0.4 is 5.32 Å². The molecule has 1 aromatic rings. The Kier molecular flexibility index (Phi) is 4.30. The number of ketones is 2. The number of methoxy groups -OCH3 is 1. The van der Waals surface area contributed by atoms with Gasteiger partial charge in [0.2, 0.25) is 5.78 Å². The first-order chi connectivity index (χ1) is 10.4. The van der Waals surface area contributed by atoms with E-state index in [2.05, 4.69) is 5.32 Å². The molecule has 1 aliphatic carbocycles. The lowest BCUT2D eigenvalue weighted by Crippen LogP contribution is -2.43. The van der Waals surface area contributed by atoms with Gasteiger partial charge in [-0.2, -0.15) is 0 Å². The zero-order chi connectivity index (χ0) is 16.4. The standard InChI is InChI=1S/C16H17NO5/c1-8(2)14(16(21)22-3)17-10-7-12(19)9-5-4-6-11(18)13(9)15(10)20/h4-8,14,17-18H,1-3H3/t14-/m0/s1. The molecule has 2 rings (SSSR count). The maximum Gasteiger partial charge on any atom is 0.328 e. The molecule has 6 nitrogen and oxygen atoms in total. The highest BCUT2D eigenvalue weighted by molar-refractivity contribution is 6.25. The number of phenolic OH excluding ortho intramolecular Hbond substituents is 1. The van der Waals surface area contributed by atoms with Crippen LogP contribution in [0.1, 0.15) is 34.6 Å². The zero-order valence-electron chi connectivity index (χ0n) is 12.5. The number of allylic oxidation sites excluding steroid dienone is 2. The molecule has 1 aliphatic rings. The topological polar surface area (TPSA) is 92.7 Å². The van der Waals surface area contributed by atoms with Gasteiger partial charge in [-0.3, -0.25) is 9.59 Å². The summed E-state index contributed by atoms with van der Waals surface area (Å²) in [4.78, 5) is 36.3. The van der Waals surface area contributed by atoms with E-state index in [1.165, 1.54) is 25.3 Å². The highest BCUT2D eigenvalue weighted by Crippen LogP contribution is 2.28. The number of hydrogen-bond donors (Lipinski definition) is 2. The largest absolute Gasteiger partial charge is 0.507 e. The Balaban J connectivity index is 2.38. The lowest BCUT2D eigenvalue weighted by molar-refractivity contribution is -0.144. The predicted octanol–water partition coefficient (Wildman–Crippen LogP) is 1.44. The number of hydrogen-bond acceptors (Lipinski definition) is 6. The summed E-state index contributed by atoms with van der Waals surface area (Å²) in [6, 6.07) is 3.55. The smallest absolute Gasteiger partial charge is 0.328 e. The van der Waals surface area contributed by atoms with Gasteiger partial charge in [-0.25, -0.2) is 4.79 Å². The molecule has 0 heterocycles. The van der Waals surface area contributed by atoms with Gasteiger partial charge in [0.05, 0.1) is 18.4 Å². The van der Waals surface area contributed by atoms with Crippen LogP contribution in [0.5, 0.6) is 5.75 Å². The molecule has 0 fully saturated rings. The minimum atomic E-state index is -0.764. The molecule has 0 saturated heterocycles. The quantitative estimate of drug-likeness (QED) is 0.818. The molecule has 22 heavy (non-hydrogen) atoms. The number of rotatable bonds is 4. The van der Waals surface area contributed by atoms with Crippen molar-refractivity contribution in [1.82, 2.24) is 5.32 Å². The van der Waals surface area contributed by atoms with Crippen LogP contribution in [-0.4, -0.2) is 35.8 Å². The number of ether oxygens (including phenoxy) is 1. The number of phenols is 1. The second-order valence-corrected chi connectivity index (χ2v) is 5.34. The van der Waals surface area contributed by atoms with Gasteiger partial charge >= 0.3 is 5.97 Å². The third-order valence-electron chi connectivity index (χ3n) is 3.49. The Bertz CT molecular complexity index is 675. The number of benzene rings is 1. The van der Waals surface area contributed by atoms with E-state index < -0.39 is 23.6 Å². The van der Waals surface area contributed by atoms with Gasteiger partial charge in [-0.05, 0) is 12.0 Å². The first-order valence-electron chi connectivity index (χ1n) is 6.84. The lowest BCUT2D eigenvalue weighted by atomic mass is 9.91. The number of esters is 1. The Labute approximate surface area is 127 Å². The van der Waals surface area contributed by atoms with Crippen LogP contribution in [0, 0.1) is 5.92 Å². The van der Waals surface area contributed by atoms with E-state index in [4.69, 9.17) is 4.74 Å². The number of carbonyl (C=O) groups excluding carboxylic acids is 3. The predicted molar refractivity (Wildman–Crippen MR) is 78.6 cm³/mol. The average molecular weight is 303 g/mol. The van der Waals surface area contributed by atoms with Gasteiger partial charge in [-0.1, -0.05) is 26.0 Å². The second-order valence-electron chi connectivity index (χ2n) is 5.34. The first-order valence-corrected chi connectivity index (χ1v) is 6.84. The van der Waals surface area contributed by atoms with E-state index in [9.17, 15) is 19.5 Å². The van der Waals surface area contributed by atoms with Crippen molar-refractivity contribution in [2.75, 3.05) is 7.11 Å². The summed E-state index contributed by atoms with van der Waals surface area (Å²) in [5, 5.41) is 12.6. The van der Waals surface area contributed by atoms with Crippen LogP contribution in [0.15, 0.2) is 30.0 Å². The van der Waals surface area contributed by atoms with E-state index in [1.807, 2.05) is 0 Å². The van der Waals surface area contributed by atoms with Gasteiger partial charge in [0, 0.05) is 11.6 Å². The molecule has 0 aliphatic heterocycles. The molecule has 2 N–H and O–H groups in total. The lowest BCUT2D eigenvalue weighted by Gasteiger charge is -2.24. The van der Waals surface area contributed by atoms with Crippen molar-refractivity contribution < 1.29 is 24.2 Å². The van der Waals surface area contributed by atoms with Crippen molar-refractivity contribution in [2.24, 2.45) is 5.92 Å². The molecule has 0 amide bonds. The molecule has 0 saturated carbocycles. The highest BCUT2D eigenvalue weighted by Gasteiger charge is 2.32. The van der Waals surface area contributed by atoms with E-state index in [1.54, 1.807) is 13.8 Å². The summed E-state index contributed by atoms with van der Waals surface area (Å²) in [5.41, 5.74) is 0.0719. The van der Waals surface area contributed by atoms with Crippen LogP contribution in [0.25, 0.3) is 0 Å². The molecule has 0 radical (unpaired) electrons. The Morgan fingerprint density at radius 1 is 1.27 bits per heavy atom. The van der Waals surface area contributed by atoms with Crippen molar-refractivity contribution in [3.63, 3.8) is 0 Å². The normalized spacial score (nSPS) is 15.2. The van der Waals surface area contributed by atoms with Crippen molar-refractivity contribution >= 4 is 17.5 Å². The molecular weight excluding hydrogens is 286 g/mol. The Morgan fingerprint density at radius 2 is 1.95 bits per heavy atom. The summed E-state index contributed by atoms with van der Waals surface area (Å²) in [6.07, 6.45) is 1.14. The van der Waals surface area contributed by atoms with Crippen molar-refractivity contribution in [3.05, 3.63) is 41.1 Å². The van der Waals surface area contributed by atoms with Crippen LogP contribution in [0.3, 0.4) is 0 Å². The fraction of sp³-hybridized carbons (Fsp3) is 0.312. The Hall–Kier alpha value is -2.63. The summed E-state index contributed by atoms with van der Waals surface area (Å²) in [7, 11) is 1.25. The number of fused-ring (bicyclic) bond motifs is 1. The maximum atomic E-state index is 12.5. The molecule has 1 aromatic carbocycles. The van der Waals surface area contributed by atoms with Crippen LogP contribution in [-0.2, 0) is 9.53 Å². The van der Waals surface area contributed by atoms with Crippen LogP contribution >= 0.6 is 0 Å². The number of carbonyl (C=O) groups is 3. The fourth-order valence-electron chi connectivity index (χ4n) is 2.29. The summed E-state index contributed by atoms with van der Waals surface area (Å²) in [5.74, 6) is -1.87. The van der Waals surface area contributed by atoms with Crippen molar-refractivity contribution in [1.29, 1.82) is 0 Å². The van der Waals surface area contributed by atoms with E-state index in [0.29, 0.717) is 0 Å². The zero-order valence-corrected chi connectivity index (χ0v) is 12.5. The van der Waals surface area contributed by atoms with E-state index in [-0.39, 0.29) is 28.5 Å². The third-order valence-corrected chi connectivity index (χ3v) is 3.49. The molecule has 0 aromatic heterocycles. The minimum absolute atomic E-state index is 0.0249. The van der Waals surface area contributed by atoms with Gasteiger partial charge in [0.15, 0.2) is 5.78 Å². The molecule has 116 valence electrons. The number of Topliss-reactive ketones (excluding diaryl/α,β-unsaturated/α-hetero) is 1. The van der Waals surface area contributed by atoms with E-state index >= 15 is 0 Å². The third kappa shape index (κ3) is 2.72. The second kappa shape index (κ2) is 6.01. The van der Waals surface area contributed by atoms with Crippen molar-refractivity contribution in [2.45, 2.75) is 19.9 Å². The van der Waals surface area contributed by atoms with Gasteiger partial charge < -0.3 is 15.2 Å². The number of aromatic hydroxyl groups is 1. The maximum absolute atomic E-state index is 12.5. The average Bonchev–Trinajstić information content (AvgIpc) is 2.48.